The summed E-state index contributed by atoms with van der Waals surface area (Å²) in [6.45, 7) is 11.7. The van der Waals surface area contributed by atoms with Gasteiger partial charge in [0.15, 0.2) is 0 Å². The van der Waals surface area contributed by atoms with Gasteiger partial charge in [0, 0.05) is 43.6 Å². The van der Waals surface area contributed by atoms with Gasteiger partial charge in [-0.15, -0.1) is 0 Å². The Bertz CT molecular complexity index is 790. The zero-order valence-corrected chi connectivity index (χ0v) is 17.4. The maximum atomic E-state index is 12.9. The molecule has 0 radical (unpaired) electrons. The van der Waals surface area contributed by atoms with Crippen molar-refractivity contribution >= 4 is 11.7 Å². The smallest absolute Gasteiger partial charge is 0.255 e. The van der Waals surface area contributed by atoms with Crippen molar-refractivity contribution in [2.75, 3.05) is 25.0 Å². The number of nitrogens with one attached hydrogen (secondary N) is 1. The first-order valence-corrected chi connectivity index (χ1v) is 10.2. The summed E-state index contributed by atoms with van der Waals surface area (Å²) in [7, 11) is 0. The van der Waals surface area contributed by atoms with Crippen LogP contribution in [0.3, 0.4) is 0 Å². The van der Waals surface area contributed by atoms with Crippen LogP contribution in [0.25, 0.3) is 0 Å². The molecule has 2 aromatic rings. The average molecular weight is 382 g/mol. The molecule has 1 aliphatic heterocycles. The van der Waals surface area contributed by atoms with Crippen molar-refractivity contribution in [1.82, 2.24) is 19.8 Å². The van der Waals surface area contributed by atoms with Crippen molar-refractivity contribution in [2.45, 2.75) is 52.7 Å². The van der Waals surface area contributed by atoms with Gasteiger partial charge in [-0.3, -0.25) is 14.7 Å². The van der Waals surface area contributed by atoms with Gasteiger partial charge in [0.2, 0.25) is 0 Å². The van der Waals surface area contributed by atoms with Crippen LogP contribution in [0.2, 0.25) is 0 Å². The van der Waals surface area contributed by atoms with Crippen LogP contribution in [0.4, 0.5) is 5.82 Å². The summed E-state index contributed by atoms with van der Waals surface area (Å²) in [6, 6.07) is 10.6. The minimum atomic E-state index is 0.0706. The number of amides is 1. The Labute approximate surface area is 168 Å². The summed E-state index contributed by atoms with van der Waals surface area (Å²) in [5, 5.41) is 3.26. The third-order valence-electron chi connectivity index (χ3n) is 5.36. The number of aromatic nitrogens is 2. The second-order valence-electron chi connectivity index (χ2n) is 7.70. The van der Waals surface area contributed by atoms with E-state index in [4.69, 9.17) is 0 Å². The average Bonchev–Trinajstić information content (AvgIpc) is 2.71. The molecule has 0 aromatic carbocycles. The van der Waals surface area contributed by atoms with E-state index in [0.717, 1.165) is 43.3 Å². The highest BCUT2D eigenvalue weighted by atomic mass is 16.2. The highest BCUT2D eigenvalue weighted by Gasteiger charge is 2.30. The summed E-state index contributed by atoms with van der Waals surface area (Å²) in [6.07, 6.45) is 2.72. The molecule has 0 saturated carbocycles. The van der Waals surface area contributed by atoms with E-state index in [-0.39, 0.29) is 5.91 Å². The number of piperazine rings is 1. The summed E-state index contributed by atoms with van der Waals surface area (Å²) < 4.78 is 0. The lowest BCUT2D eigenvalue weighted by atomic mass is 10.1. The zero-order chi connectivity index (χ0) is 20.1. The van der Waals surface area contributed by atoms with Crippen LogP contribution in [0.5, 0.6) is 0 Å². The molecule has 1 unspecified atom stereocenters. The Kier molecular flexibility index (Phi) is 6.62. The Morgan fingerprint density at radius 2 is 2.07 bits per heavy atom. The Hall–Kier alpha value is -2.47. The van der Waals surface area contributed by atoms with Crippen LogP contribution >= 0.6 is 0 Å². The molecule has 2 aromatic heterocycles. The molecule has 1 atom stereocenters. The third kappa shape index (κ3) is 4.87. The minimum absolute atomic E-state index is 0.0706. The quantitative estimate of drug-likeness (QED) is 0.831. The molecule has 1 fully saturated rings. The van der Waals surface area contributed by atoms with Crippen LogP contribution in [0.15, 0.2) is 36.5 Å². The molecule has 1 N–H and O–H groups in total. The molecule has 150 valence electrons. The molecular formula is C22H31N5O. The van der Waals surface area contributed by atoms with Crippen molar-refractivity contribution in [1.29, 1.82) is 0 Å². The number of hydrogen-bond donors (Lipinski definition) is 1. The molecule has 0 bridgehead atoms. The number of pyridine rings is 2. The highest BCUT2D eigenvalue weighted by Crippen LogP contribution is 2.18. The molecular weight excluding hydrogens is 350 g/mol. The van der Waals surface area contributed by atoms with Crippen molar-refractivity contribution in [3.8, 4) is 0 Å². The van der Waals surface area contributed by atoms with Gasteiger partial charge < -0.3 is 10.2 Å². The normalized spacial score (nSPS) is 17.8. The largest absolute Gasteiger partial charge is 0.364 e. The van der Waals surface area contributed by atoms with Gasteiger partial charge in [0.25, 0.3) is 5.91 Å². The molecule has 1 aliphatic rings. The minimum Gasteiger partial charge on any atom is -0.364 e. The Balaban J connectivity index is 1.59. The second kappa shape index (κ2) is 9.15. The number of hydrogen-bond acceptors (Lipinski definition) is 5. The topological polar surface area (TPSA) is 61.4 Å². The van der Waals surface area contributed by atoms with Gasteiger partial charge in [0.05, 0.1) is 17.8 Å². The van der Waals surface area contributed by atoms with Gasteiger partial charge in [-0.1, -0.05) is 13.0 Å². The lowest BCUT2D eigenvalue weighted by Gasteiger charge is -2.43. The summed E-state index contributed by atoms with van der Waals surface area (Å²) in [5.41, 5.74) is 2.61. The van der Waals surface area contributed by atoms with E-state index in [1.165, 1.54) is 0 Å². The molecule has 1 saturated heterocycles. The monoisotopic (exact) mass is 381 g/mol. The predicted octanol–water partition coefficient (Wildman–Crippen LogP) is 3.34. The predicted molar refractivity (Wildman–Crippen MR) is 112 cm³/mol. The fourth-order valence-electron chi connectivity index (χ4n) is 3.78. The highest BCUT2D eigenvalue weighted by molar-refractivity contribution is 5.94. The van der Waals surface area contributed by atoms with E-state index in [1.807, 2.05) is 42.2 Å². The van der Waals surface area contributed by atoms with Gasteiger partial charge in [0.1, 0.15) is 5.82 Å². The number of nitrogens with zero attached hydrogens (tertiary/aromatic N) is 4. The van der Waals surface area contributed by atoms with Crippen molar-refractivity contribution in [2.24, 2.45) is 0 Å². The van der Waals surface area contributed by atoms with E-state index in [0.29, 0.717) is 24.2 Å². The number of carbonyl (C=O) groups excluding carboxylic acids is 1. The standard InChI is InChI=1S/C22H31N5O/c1-5-20-15-26(11-12-27(20)16(2)3)22(28)18-9-10-21(23-13-18)24-14-19-8-6-7-17(4)25-19/h6-10,13,16,20H,5,11-12,14-15H2,1-4H3,(H,23,24). The molecule has 3 heterocycles. The third-order valence-corrected chi connectivity index (χ3v) is 5.36. The summed E-state index contributed by atoms with van der Waals surface area (Å²) >= 11 is 0. The van der Waals surface area contributed by atoms with Crippen molar-refractivity contribution in [3.05, 3.63) is 53.5 Å². The van der Waals surface area contributed by atoms with Gasteiger partial charge in [-0.25, -0.2) is 4.98 Å². The molecule has 0 aliphatic carbocycles. The first-order valence-electron chi connectivity index (χ1n) is 10.2. The molecule has 3 rings (SSSR count). The van der Waals surface area contributed by atoms with E-state index in [1.54, 1.807) is 6.20 Å². The fourth-order valence-corrected chi connectivity index (χ4v) is 3.78. The van der Waals surface area contributed by atoms with Gasteiger partial charge >= 0.3 is 0 Å². The SMILES string of the molecule is CCC1CN(C(=O)c2ccc(NCc3cccc(C)n3)nc2)CCN1C(C)C. The second-order valence-corrected chi connectivity index (χ2v) is 7.70. The van der Waals surface area contributed by atoms with Crippen molar-refractivity contribution in [3.63, 3.8) is 0 Å². The summed E-state index contributed by atoms with van der Waals surface area (Å²) in [5.74, 6) is 0.817. The lowest BCUT2D eigenvalue weighted by molar-refractivity contribution is 0.0371. The number of rotatable bonds is 6. The number of carbonyl (C=O) groups is 1. The molecule has 6 nitrogen and oxygen atoms in total. The maximum Gasteiger partial charge on any atom is 0.255 e. The van der Waals surface area contributed by atoms with E-state index < -0.39 is 0 Å². The molecule has 1 amide bonds. The van der Waals surface area contributed by atoms with Crippen LogP contribution < -0.4 is 5.32 Å². The zero-order valence-electron chi connectivity index (χ0n) is 17.4. The number of anilines is 1. The first kappa shape index (κ1) is 20.3. The lowest BCUT2D eigenvalue weighted by Crippen LogP contribution is -2.56. The number of aryl methyl sites for hydroxylation is 1. The first-order chi connectivity index (χ1) is 13.5. The van der Waals surface area contributed by atoms with E-state index in [2.05, 4.69) is 41.0 Å². The van der Waals surface area contributed by atoms with Crippen LogP contribution in [-0.2, 0) is 6.54 Å². The summed E-state index contributed by atoms with van der Waals surface area (Å²) in [4.78, 5) is 26.3. The molecule has 28 heavy (non-hydrogen) atoms. The van der Waals surface area contributed by atoms with E-state index >= 15 is 0 Å². The van der Waals surface area contributed by atoms with Crippen LogP contribution in [0.1, 0.15) is 48.9 Å². The van der Waals surface area contributed by atoms with Crippen molar-refractivity contribution < 1.29 is 4.79 Å². The van der Waals surface area contributed by atoms with Gasteiger partial charge in [-0.2, -0.15) is 0 Å². The molecule has 6 heteroatoms. The Morgan fingerprint density at radius 1 is 1.25 bits per heavy atom. The fraction of sp³-hybridized carbons (Fsp3) is 0.500. The van der Waals surface area contributed by atoms with E-state index in [9.17, 15) is 4.79 Å². The Morgan fingerprint density at radius 3 is 2.71 bits per heavy atom. The molecule has 0 spiro atoms. The van der Waals surface area contributed by atoms with Gasteiger partial charge in [-0.05, 0) is 51.5 Å². The maximum absolute atomic E-state index is 12.9. The van der Waals surface area contributed by atoms with Crippen LogP contribution in [-0.4, -0.2) is 57.4 Å². The van der Waals surface area contributed by atoms with Crippen LogP contribution in [0, 0.1) is 6.92 Å².